The van der Waals surface area contributed by atoms with Crippen molar-refractivity contribution in [3.63, 3.8) is 0 Å². The summed E-state index contributed by atoms with van der Waals surface area (Å²) in [7, 11) is -3.42. The van der Waals surface area contributed by atoms with Crippen LogP contribution >= 0.6 is 0 Å². The molecule has 0 aromatic carbocycles. The lowest BCUT2D eigenvalue weighted by molar-refractivity contribution is -0.120. The van der Waals surface area contributed by atoms with Crippen LogP contribution < -0.4 is 14.9 Å². The molecular weight excluding hydrogens is 335 g/mol. The molecule has 0 saturated carbocycles. The zero-order valence-electron chi connectivity index (χ0n) is 13.8. The normalized spacial score (nSPS) is 21.0. The molecule has 2 N–H and O–H groups in total. The van der Waals surface area contributed by atoms with Gasteiger partial charge in [0, 0.05) is 19.3 Å². The largest absolute Gasteiger partial charge is 0.352 e. The van der Waals surface area contributed by atoms with Crippen molar-refractivity contribution in [2.75, 3.05) is 30.8 Å². The second-order valence-corrected chi connectivity index (χ2v) is 7.86. The molecule has 0 bridgehead atoms. The zero-order chi connectivity index (χ0) is 17.7. The van der Waals surface area contributed by atoms with E-state index in [1.165, 1.54) is 18.3 Å². The van der Waals surface area contributed by atoms with Crippen LogP contribution in [0.5, 0.6) is 0 Å². The van der Waals surface area contributed by atoms with Crippen LogP contribution in [-0.4, -0.2) is 51.2 Å². The van der Waals surface area contributed by atoms with Crippen molar-refractivity contribution in [1.29, 1.82) is 0 Å². The molecule has 2 atom stereocenters. The van der Waals surface area contributed by atoms with E-state index in [1.54, 1.807) is 0 Å². The first-order chi connectivity index (χ1) is 11.3. The third-order valence-corrected chi connectivity index (χ3v) is 4.65. The van der Waals surface area contributed by atoms with E-state index in [9.17, 15) is 17.6 Å². The predicted molar refractivity (Wildman–Crippen MR) is 89.6 cm³/mol. The van der Waals surface area contributed by atoms with E-state index in [4.69, 9.17) is 0 Å². The second-order valence-electron chi connectivity index (χ2n) is 6.03. The molecule has 24 heavy (non-hydrogen) atoms. The van der Waals surface area contributed by atoms with Crippen molar-refractivity contribution in [3.8, 4) is 0 Å². The Bertz CT molecular complexity index is 683. The summed E-state index contributed by atoms with van der Waals surface area (Å²) < 4.78 is 38.2. The van der Waals surface area contributed by atoms with Crippen LogP contribution in [0.3, 0.4) is 0 Å². The van der Waals surface area contributed by atoms with Crippen molar-refractivity contribution in [2.24, 2.45) is 5.92 Å². The van der Waals surface area contributed by atoms with Crippen LogP contribution in [0.1, 0.15) is 19.8 Å². The van der Waals surface area contributed by atoms with E-state index in [2.05, 4.69) is 15.0 Å². The molecule has 1 aliphatic rings. The Kier molecular flexibility index (Phi) is 6.11. The van der Waals surface area contributed by atoms with Crippen molar-refractivity contribution in [1.82, 2.24) is 15.0 Å². The maximum Gasteiger partial charge on any atom is 0.235 e. The van der Waals surface area contributed by atoms with E-state index in [-0.39, 0.29) is 24.3 Å². The molecule has 7 nitrogen and oxygen atoms in total. The number of nitrogens with one attached hydrogen (secondary N) is 2. The van der Waals surface area contributed by atoms with Gasteiger partial charge in [0.2, 0.25) is 15.9 Å². The van der Waals surface area contributed by atoms with Gasteiger partial charge in [0.05, 0.1) is 18.8 Å². The monoisotopic (exact) mass is 358 g/mol. The lowest BCUT2D eigenvalue weighted by Gasteiger charge is -2.19. The minimum Gasteiger partial charge on any atom is -0.352 e. The highest BCUT2D eigenvalue weighted by Crippen LogP contribution is 2.27. The van der Waals surface area contributed by atoms with E-state index in [1.807, 2.05) is 11.8 Å². The SMILES string of the molecule is CCC[C@@H]1CN(c2ncccc2F)C[C@H]1NC(=O)CNS(C)(=O)=O. The number of aromatic nitrogens is 1. The second kappa shape index (κ2) is 7.89. The molecule has 2 heterocycles. The number of amides is 1. The topological polar surface area (TPSA) is 91.4 Å². The van der Waals surface area contributed by atoms with Crippen LogP contribution in [0.2, 0.25) is 0 Å². The fourth-order valence-electron chi connectivity index (χ4n) is 2.94. The fraction of sp³-hybridized carbons (Fsp3) is 0.600. The molecular formula is C15H23FN4O3S. The van der Waals surface area contributed by atoms with Gasteiger partial charge in [-0.3, -0.25) is 4.79 Å². The van der Waals surface area contributed by atoms with Crippen molar-refractivity contribution in [2.45, 2.75) is 25.8 Å². The van der Waals surface area contributed by atoms with Gasteiger partial charge in [-0.1, -0.05) is 13.3 Å². The number of sulfonamides is 1. The third-order valence-electron chi connectivity index (χ3n) is 3.98. The average molecular weight is 358 g/mol. The van der Waals surface area contributed by atoms with E-state index >= 15 is 0 Å². The predicted octanol–water partition coefficient (Wildman–Crippen LogP) is 0.491. The Labute approximate surface area is 141 Å². The van der Waals surface area contributed by atoms with Crippen LogP contribution in [-0.2, 0) is 14.8 Å². The molecule has 9 heteroatoms. The van der Waals surface area contributed by atoms with E-state index < -0.39 is 21.7 Å². The Morgan fingerprint density at radius 2 is 2.21 bits per heavy atom. The number of anilines is 1. The van der Waals surface area contributed by atoms with E-state index in [0.717, 1.165) is 19.1 Å². The number of hydrogen-bond acceptors (Lipinski definition) is 5. The number of carbonyl (C=O) groups excluding carboxylic acids is 1. The number of carbonyl (C=O) groups is 1. The fourth-order valence-corrected chi connectivity index (χ4v) is 3.33. The Morgan fingerprint density at radius 1 is 1.46 bits per heavy atom. The molecule has 1 saturated heterocycles. The first kappa shape index (κ1) is 18.6. The molecule has 1 amide bonds. The molecule has 1 aromatic heterocycles. The standard InChI is InChI=1S/C15H23FN4O3S/c1-3-5-11-9-20(15-12(16)6-4-7-17-15)10-13(11)19-14(21)8-18-24(2,22)23/h4,6-7,11,13,18H,3,5,8-10H2,1-2H3,(H,19,21)/t11-,13-/m1/s1. The summed E-state index contributed by atoms with van der Waals surface area (Å²) in [5, 5.41) is 2.85. The van der Waals surface area contributed by atoms with Crippen LogP contribution in [0.15, 0.2) is 18.3 Å². The first-order valence-electron chi connectivity index (χ1n) is 7.89. The van der Waals surface area contributed by atoms with Crippen LogP contribution in [0.4, 0.5) is 10.2 Å². The third kappa shape index (κ3) is 5.13. The maximum atomic E-state index is 13.9. The number of nitrogens with zero attached hydrogens (tertiary/aromatic N) is 2. The highest BCUT2D eigenvalue weighted by atomic mass is 32.2. The van der Waals surface area contributed by atoms with Gasteiger partial charge in [0.1, 0.15) is 0 Å². The van der Waals surface area contributed by atoms with E-state index in [0.29, 0.717) is 13.1 Å². The lowest BCUT2D eigenvalue weighted by atomic mass is 9.98. The van der Waals surface area contributed by atoms with Crippen molar-refractivity contribution < 1.29 is 17.6 Å². The maximum absolute atomic E-state index is 13.9. The molecule has 0 aliphatic carbocycles. The summed E-state index contributed by atoms with van der Waals surface area (Å²) in [6, 6.07) is 2.73. The van der Waals surface area contributed by atoms with Gasteiger partial charge < -0.3 is 10.2 Å². The Morgan fingerprint density at radius 3 is 2.83 bits per heavy atom. The highest BCUT2D eigenvalue weighted by Gasteiger charge is 2.34. The Hall–Kier alpha value is -1.74. The average Bonchev–Trinajstić information content (AvgIpc) is 2.88. The van der Waals surface area contributed by atoms with Crippen molar-refractivity contribution in [3.05, 3.63) is 24.1 Å². The summed E-state index contributed by atoms with van der Waals surface area (Å²) >= 11 is 0. The minimum absolute atomic E-state index is 0.165. The zero-order valence-corrected chi connectivity index (χ0v) is 14.6. The number of pyridine rings is 1. The summed E-state index contributed by atoms with van der Waals surface area (Å²) in [5.74, 6) is -0.337. The van der Waals surface area contributed by atoms with Crippen molar-refractivity contribution >= 4 is 21.7 Å². The van der Waals surface area contributed by atoms with Gasteiger partial charge in [-0.2, -0.15) is 0 Å². The lowest BCUT2D eigenvalue weighted by Crippen LogP contribution is -2.45. The highest BCUT2D eigenvalue weighted by molar-refractivity contribution is 7.88. The molecule has 2 rings (SSSR count). The van der Waals surface area contributed by atoms with Gasteiger partial charge in [0.15, 0.2) is 11.6 Å². The Balaban J connectivity index is 2.02. The smallest absolute Gasteiger partial charge is 0.235 e. The molecule has 1 fully saturated rings. The summed E-state index contributed by atoms with van der Waals surface area (Å²) in [6.45, 7) is 2.80. The quantitative estimate of drug-likeness (QED) is 0.740. The van der Waals surface area contributed by atoms with Gasteiger partial charge in [-0.05, 0) is 24.5 Å². The molecule has 1 aliphatic heterocycles. The molecule has 0 unspecified atom stereocenters. The van der Waals surface area contributed by atoms with Gasteiger partial charge in [-0.25, -0.2) is 22.5 Å². The molecule has 134 valence electrons. The summed E-state index contributed by atoms with van der Waals surface area (Å²) in [5.41, 5.74) is 0. The first-order valence-corrected chi connectivity index (χ1v) is 9.78. The summed E-state index contributed by atoms with van der Waals surface area (Å²) in [6.07, 6.45) is 4.36. The van der Waals surface area contributed by atoms with Gasteiger partial charge >= 0.3 is 0 Å². The summed E-state index contributed by atoms with van der Waals surface area (Å²) in [4.78, 5) is 17.9. The molecule has 0 spiro atoms. The number of rotatable bonds is 7. The van der Waals surface area contributed by atoms with Gasteiger partial charge in [0.25, 0.3) is 0 Å². The van der Waals surface area contributed by atoms with Gasteiger partial charge in [-0.15, -0.1) is 0 Å². The number of hydrogen-bond donors (Lipinski definition) is 2. The molecule has 0 radical (unpaired) electrons. The van der Waals surface area contributed by atoms with Crippen LogP contribution in [0, 0.1) is 11.7 Å². The molecule has 1 aromatic rings. The number of halogens is 1. The minimum atomic E-state index is -3.42. The van der Waals surface area contributed by atoms with Crippen LogP contribution in [0.25, 0.3) is 0 Å².